The van der Waals surface area contributed by atoms with E-state index in [4.69, 9.17) is 37.8 Å². The quantitative estimate of drug-likeness (QED) is 0.505. The topological polar surface area (TPSA) is 76.0 Å². The fraction of sp³-hybridized carbons (Fsp3) is 0.0500. The second-order valence-corrected chi connectivity index (χ2v) is 6.56. The van der Waals surface area contributed by atoms with Crippen molar-refractivity contribution in [3.63, 3.8) is 0 Å². The Morgan fingerprint density at radius 1 is 0.929 bits per heavy atom. The first-order valence-electron chi connectivity index (χ1n) is 7.96. The van der Waals surface area contributed by atoms with Crippen LogP contribution in [-0.2, 0) is 11.2 Å². The van der Waals surface area contributed by atoms with Gasteiger partial charge in [-0.15, -0.1) is 0 Å². The third-order valence-corrected chi connectivity index (χ3v) is 4.17. The fourth-order valence-corrected chi connectivity index (χ4v) is 2.98. The van der Waals surface area contributed by atoms with E-state index in [1.165, 1.54) is 54.6 Å². The Kier molecular flexibility index (Phi) is 5.92. The van der Waals surface area contributed by atoms with Crippen molar-refractivity contribution in [3.8, 4) is 28.7 Å². The molecule has 0 aliphatic rings. The molecule has 3 rings (SSSR count). The van der Waals surface area contributed by atoms with Crippen molar-refractivity contribution in [1.29, 1.82) is 0 Å². The number of ether oxygens (including phenoxy) is 2. The number of aromatic hydroxyl groups is 1. The first-order chi connectivity index (χ1) is 13.3. The Morgan fingerprint density at radius 3 is 2.14 bits per heavy atom. The molecule has 0 radical (unpaired) electrons. The van der Waals surface area contributed by atoms with E-state index in [2.05, 4.69) is 0 Å². The minimum Gasteiger partial charge on any atom is -0.504 e. The number of halogens is 3. The maximum atomic E-state index is 13.0. The predicted molar refractivity (Wildman–Crippen MR) is 102 cm³/mol. The first-order valence-corrected chi connectivity index (χ1v) is 8.71. The van der Waals surface area contributed by atoms with Gasteiger partial charge >= 0.3 is 5.97 Å². The Bertz CT molecular complexity index is 999. The standard InChI is InChI=1S/C20H13Cl2FO5/c21-15-7-11(9-19(25)26)8-16(22)20(15)28-14-5-6-17(24)18(10-14)27-13-3-1-12(23)2-4-13/h1-8,10,24H,9H2,(H,25,26). The van der Waals surface area contributed by atoms with Crippen molar-refractivity contribution in [1.82, 2.24) is 0 Å². The summed E-state index contributed by atoms with van der Waals surface area (Å²) in [6.45, 7) is 0. The van der Waals surface area contributed by atoms with Crippen molar-refractivity contribution in [2.24, 2.45) is 0 Å². The van der Waals surface area contributed by atoms with Gasteiger partial charge in [-0.3, -0.25) is 4.79 Å². The Balaban J connectivity index is 1.85. The van der Waals surface area contributed by atoms with Crippen LogP contribution in [0.3, 0.4) is 0 Å². The van der Waals surface area contributed by atoms with Gasteiger partial charge in [-0.05, 0) is 54.1 Å². The van der Waals surface area contributed by atoms with Gasteiger partial charge in [0.2, 0.25) is 0 Å². The molecular weight excluding hydrogens is 410 g/mol. The molecule has 0 aliphatic carbocycles. The van der Waals surface area contributed by atoms with Gasteiger partial charge in [0.1, 0.15) is 17.3 Å². The minimum absolute atomic E-state index is 0.0823. The normalized spacial score (nSPS) is 10.5. The van der Waals surface area contributed by atoms with E-state index in [-0.39, 0.29) is 39.5 Å². The summed E-state index contributed by atoms with van der Waals surface area (Å²) < 4.78 is 24.2. The van der Waals surface area contributed by atoms with E-state index in [9.17, 15) is 14.3 Å². The molecule has 0 atom stereocenters. The highest BCUT2D eigenvalue weighted by Gasteiger charge is 2.14. The summed E-state index contributed by atoms with van der Waals surface area (Å²) in [5, 5.41) is 19.1. The summed E-state index contributed by atoms with van der Waals surface area (Å²) in [5.41, 5.74) is 0.431. The van der Waals surface area contributed by atoms with Crippen molar-refractivity contribution in [2.75, 3.05) is 0 Å². The van der Waals surface area contributed by atoms with Crippen LogP contribution in [0.15, 0.2) is 54.6 Å². The summed E-state index contributed by atoms with van der Waals surface area (Å²) >= 11 is 12.3. The third-order valence-electron chi connectivity index (χ3n) is 3.61. The molecule has 0 saturated heterocycles. The molecule has 0 spiro atoms. The van der Waals surface area contributed by atoms with Gasteiger partial charge < -0.3 is 19.7 Å². The third kappa shape index (κ3) is 4.85. The summed E-state index contributed by atoms with van der Waals surface area (Å²) in [6, 6.07) is 12.4. The van der Waals surface area contributed by atoms with Crippen molar-refractivity contribution < 1.29 is 28.9 Å². The van der Waals surface area contributed by atoms with Crippen LogP contribution in [0.2, 0.25) is 10.0 Å². The molecule has 5 nitrogen and oxygen atoms in total. The molecule has 8 heteroatoms. The van der Waals surface area contributed by atoms with Crippen LogP contribution < -0.4 is 9.47 Å². The number of carboxylic acid groups (broad SMARTS) is 1. The summed E-state index contributed by atoms with van der Waals surface area (Å²) in [7, 11) is 0. The molecule has 0 unspecified atom stereocenters. The largest absolute Gasteiger partial charge is 0.504 e. The summed E-state index contributed by atoms with van der Waals surface area (Å²) in [4.78, 5) is 10.8. The lowest BCUT2D eigenvalue weighted by Gasteiger charge is -2.13. The van der Waals surface area contributed by atoms with Crippen molar-refractivity contribution in [3.05, 3.63) is 76.0 Å². The van der Waals surface area contributed by atoms with Crippen LogP contribution in [0.1, 0.15) is 5.56 Å². The van der Waals surface area contributed by atoms with Crippen LogP contribution in [0.5, 0.6) is 28.7 Å². The molecule has 144 valence electrons. The van der Waals surface area contributed by atoms with E-state index in [1.54, 1.807) is 0 Å². The highest BCUT2D eigenvalue weighted by Crippen LogP contribution is 2.40. The summed E-state index contributed by atoms with van der Waals surface area (Å²) in [5.74, 6) is -0.765. The van der Waals surface area contributed by atoms with E-state index >= 15 is 0 Å². The average molecular weight is 423 g/mol. The number of aliphatic carboxylic acids is 1. The zero-order chi connectivity index (χ0) is 20.3. The minimum atomic E-state index is -1.01. The molecule has 3 aromatic carbocycles. The van der Waals surface area contributed by atoms with Crippen LogP contribution in [-0.4, -0.2) is 16.2 Å². The average Bonchev–Trinajstić information content (AvgIpc) is 2.62. The van der Waals surface area contributed by atoms with Gasteiger partial charge in [0.25, 0.3) is 0 Å². The van der Waals surface area contributed by atoms with E-state index in [1.807, 2.05) is 0 Å². The highest BCUT2D eigenvalue weighted by atomic mass is 35.5. The predicted octanol–water partition coefficient (Wildman–Crippen LogP) is 6.05. The molecular formula is C20H13Cl2FO5. The molecule has 28 heavy (non-hydrogen) atoms. The number of rotatable bonds is 6. The molecule has 0 aliphatic heterocycles. The fourth-order valence-electron chi connectivity index (χ4n) is 2.37. The number of carbonyl (C=O) groups is 1. The number of benzene rings is 3. The van der Waals surface area contributed by atoms with Crippen LogP contribution in [0, 0.1) is 5.82 Å². The monoisotopic (exact) mass is 422 g/mol. The summed E-state index contributed by atoms with van der Waals surface area (Å²) in [6.07, 6.45) is -0.228. The number of phenolic OH excluding ortho intramolecular Hbond substituents is 1. The molecule has 0 heterocycles. The lowest BCUT2D eigenvalue weighted by molar-refractivity contribution is -0.136. The van der Waals surface area contributed by atoms with Gasteiger partial charge in [-0.2, -0.15) is 0 Å². The first kappa shape index (κ1) is 19.8. The van der Waals surface area contributed by atoms with Gasteiger partial charge in [-0.25, -0.2) is 4.39 Å². The van der Waals surface area contributed by atoms with E-state index in [0.29, 0.717) is 11.3 Å². The number of phenols is 1. The van der Waals surface area contributed by atoms with Crippen LogP contribution in [0.4, 0.5) is 4.39 Å². The number of hydrogen-bond acceptors (Lipinski definition) is 4. The zero-order valence-electron chi connectivity index (χ0n) is 14.2. The van der Waals surface area contributed by atoms with Crippen LogP contribution in [0.25, 0.3) is 0 Å². The maximum Gasteiger partial charge on any atom is 0.307 e. The molecule has 0 saturated carbocycles. The Labute approximate surface area is 169 Å². The smallest absolute Gasteiger partial charge is 0.307 e. The highest BCUT2D eigenvalue weighted by molar-refractivity contribution is 6.37. The second kappa shape index (κ2) is 8.37. The van der Waals surface area contributed by atoms with Crippen LogP contribution >= 0.6 is 23.2 Å². The molecule has 0 bridgehead atoms. The molecule has 0 aromatic heterocycles. The molecule has 0 amide bonds. The lowest BCUT2D eigenvalue weighted by Crippen LogP contribution is -2.00. The Hall–Kier alpha value is -2.96. The van der Waals surface area contributed by atoms with Gasteiger partial charge in [0, 0.05) is 6.07 Å². The zero-order valence-corrected chi connectivity index (χ0v) is 15.7. The van der Waals surface area contributed by atoms with Gasteiger partial charge in [-0.1, -0.05) is 23.2 Å². The van der Waals surface area contributed by atoms with Crippen molar-refractivity contribution >= 4 is 29.2 Å². The van der Waals surface area contributed by atoms with E-state index < -0.39 is 11.8 Å². The van der Waals surface area contributed by atoms with Gasteiger partial charge in [0.05, 0.1) is 16.5 Å². The lowest BCUT2D eigenvalue weighted by atomic mass is 10.1. The maximum absolute atomic E-state index is 13.0. The van der Waals surface area contributed by atoms with Gasteiger partial charge in [0.15, 0.2) is 17.2 Å². The number of hydrogen-bond donors (Lipinski definition) is 2. The van der Waals surface area contributed by atoms with Crippen molar-refractivity contribution in [2.45, 2.75) is 6.42 Å². The molecule has 2 N–H and O–H groups in total. The Morgan fingerprint density at radius 2 is 1.54 bits per heavy atom. The molecule has 3 aromatic rings. The number of carboxylic acids is 1. The SMILES string of the molecule is O=C(O)Cc1cc(Cl)c(Oc2ccc(O)c(Oc3ccc(F)cc3)c2)c(Cl)c1. The van der Waals surface area contributed by atoms with E-state index in [0.717, 1.165) is 0 Å². The second-order valence-electron chi connectivity index (χ2n) is 5.75. The molecule has 0 fully saturated rings.